The molecule has 0 aromatic rings. The monoisotopic (exact) mass is 293 g/mol. The lowest BCUT2D eigenvalue weighted by Crippen LogP contribution is -2.44. The van der Waals surface area contributed by atoms with E-state index in [2.05, 4.69) is 11.4 Å². The van der Waals surface area contributed by atoms with Gasteiger partial charge < -0.3 is 15.2 Å². The first kappa shape index (κ1) is 14.6. The van der Waals surface area contributed by atoms with E-state index in [0.29, 0.717) is 6.54 Å². The molecule has 0 radical (unpaired) electrons. The molecule has 3 rings (SSSR count). The van der Waals surface area contributed by atoms with Crippen molar-refractivity contribution in [1.29, 1.82) is 0 Å². The van der Waals surface area contributed by atoms with Crippen LogP contribution in [0.15, 0.2) is 11.6 Å². The summed E-state index contributed by atoms with van der Waals surface area (Å²) in [5.41, 5.74) is 1.42. The van der Waals surface area contributed by atoms with Gasteiger partial charge in [0.05, 0.1) is 24.0 Å². The Hall–Kier alpha value is -1.36. The van der Waals surface area contributed by atoms with Crippen LogP contribution in [0.2, 0.25) is 0 Å². The number of nitrogens with one attached hydrogen (secondary N) is 1. The molecule has 21 heavy (non-hydrogen) atoms. The highest BCUT2D eigenvalue weighted by Gasteiger charge is 2.55. The Morgan fingerprint density at radius 3 is 2.67 bits per heavy atom. The van der Waals surface area contributed by atoms with Crippen molar-refractivity contribution in [3.63, 3.8) is 0 Å². The standard InChI is InChI=1S/C16H23NO4/c18-15(17-9-8-10-4-2-1-3-5-10)13-11-6-7-12(21-11)14(13)16(19)20/h4,11-14H,1-3,5-9H2,(H,17,18)(H,19,20)/t11-,12-,13-,14-/m0/s1. The molecule has 4 atom stereocenters. The van der Waals surface area contributed by atoms with Crippen molar-refractivity contribution in [1.82, 2.24) is 5.32 Å². The van der Waals surface area contributed by atoms with Crippen LogP contribution in [0.1, 0.15) is 44.9 Å². The van der Waals surface area contributed by atoms with Crippen molar-refractivity contribution < 1.29 is 19.4 Å². The summed E-state index contributed by atoms with van der Waals surface area (Å²) in [5, 5.41) is 12.2. The van der Waals surface area contributed by atoms with Crippen LogP contribution in [0.25, 0.3) is 0 Å². The molecule has 116 valence electrons. The van der Waals surface area contributed by atoms with Gasteiger partial charge in [-0.05, 0) is 44.9 Å². The van der Waals surface area contributed by atoms with E-state index < -0.39 is 17.8 Å². The number of allylic oxidation sites excluding steroid dienone is 1. The van der Waals surface area contributed by atoms with Crippen molar-refractivity contribution >= 4 is 11.9 Å². The number of ether oxygens (including phenoxy) is 1. The third-order valence-electron chi connectivity index (χ3n) is 4.99. The molecular formula is C16H23NO4. The molecule has 2 fully saturated rings. The van der Waals surface area contributed by atoms with Gasteiger partial charge in [0.25, 0.3) is 0 Å². The number of carbonyl (C=O) groups excluding carboxylic acids is 1. The molecule has 2 N–H and O–H groups in total. The first-order chi connectivity index (χ1) is 10.2. The van der Waals surface area contributed by atoms with Gasteiger partial charge in [-0.25, -0.2) is 0 Å². The summed E-state index contributed by atoms with van der Waals surface area (Å²) in [6.07, 6.45) is 9.02. The first-order valence-corrected chi connectivity index (χ1v) is 8.00. The Labute approximate surface area is 124 Å². The van der Waals surface area contributed by atoms with Crippen LogP contribution in [-0.2, 0) is 14.3 Å². The van der Waals surface area contributed by atoms with E-state index in [1.54, 1.807) is 0 Å². The largest absolute Gasteiger partial charge is 0.481 e. The molecule has 3 aliphatic rings. The number of carboxylic acids is 1. The lowest BCUT2D eigenvalue weighted by Gasteiger charge is -2.24. The Morgan fingerprint density at radius 1 is 1.24 bits per heavy atom. The average Bonchev–Trinajstić information content (AvgIpc) is 3.08. The lowest BCUT2D eigenvalue weighted by molar-refractivity contribution is -0.147. The van der Waals surface area contributed by atoms with E-state index in [1.807, 2.05) is 0 Å². The maximum Gasteiger partial charge on any atom is 0.310 e. The Bertz CT molecular complexity index is 459. The summed E-state index contributed by atoms with van der Waals surface area (Å²) >= 11 is 0. The van der Waals surface area contributed by atoms with Gasteiger partial charge in [0.2, 0.25) is 5.91 Å². The molecule has 2 saturated heterocycles. The number of amides is 1. The lowest BCUT2D eigenvalue weighted by atomic mass is 9.78. The molecule has 2 bridgehead atoms. The number of hydrogen-bond acceptors (Lipinski definition) is 3. The molecule has 1 aliphatic carbocycles. The maximum atomic E-state index is 12.3. The van der Waals surface area contributed by atoms with Gasteiger partial charge in [0, 0.05) is 6.54 Å². The fourth-order valence-corrected chi connectivity index (χ4v) is 3.92. The highest BCUT2D eigenvalue weighted by molar-refractivity contribution is 5.86. The van der Waals surface area contributed by atoms with Gasteiger partial charge in [-0.2, -0.15) is 0 Å². The number of carbonyl (C=O) groups is 2. The van der Waals surface area contributed by atoms with Gasteiger partial charge in [0.15, 0.2) is 0 Å². The summed E-state index contributed by atoms with van der Waals surface area (Å²) in [6, 6.07) is 0. The maximum absolute atomic E-state index is 12.3. The Kier molecular flexibility index (Phi) is 4.29. The fourth-order valence-electron chi connectivity index (χ4n) is 3.92. The van der Waals surface area contributed by atoms with Gasteiger partial charge >= 0.3 is 5.97 Å². The minimum absolute atomic E-state index is 0.147. The molecule has 2 aliphatic heterocycles. The smallest absolute Gasteiger partial charge is 0.310 e. The summed E-state index contributed by atoms with van der Waals surface area (Å²) in [6.45, 7) is 0.602. The molecule has 0 aromatic carbocycles. The van der Waals surface area contributed by atoms with Crippen LogP contribution in [0, 0.1) is 11.8 Å². The van der Waals surface area contributed by atoms with Crippen molar-refractivity contribution in [2.24, 2.45) is 11.8 Å². The summed E-state index contributed by atoms with van der Waals surface area (Å²) in [7, 11) is 0. The quantitative estimate of drug-likeness (QED) is 0.759. The van der Waals surface area contributed by atoms with Crippen LogP contribution < -0.4 is 5.32 Å². The van der Waals surface area contributed by atoms with Gasteiger partial charge in [-0.1, -0.05) is 11.6 Å². The molecule has 5 nitrogen and oxygen atoms in total. The second-order valence-corrected chi connectivity index (χ2v) is 6.33. The summed E-state index contributed by atoms with van der Waals surface area (Å²) < 4.78 is 5.62. The molecule has 2 heterocycles. The Morgan fingerprint density at radius 2 is 2.00 bits per heavy atom. The fraction of sp³-hybridized carbons (Fsp3) is 0.750. The first-order valence-electron chi connectivity index (χ1n) is 8.00. The van der Waals surface area contributed by atoms with Crippen LogP contribution in [0.5, 0.6) is 0 Å². The second-order valence-electron chi connectivity index (χ2n) is 6.33. The van der Waals surface area contributed by atoms with Crippen molar-refractivity contribution in [2.45, 2.75) is 57.2 Å². The number of carboxylic acid groups (broad SMARTS) is 1. The zero-order valence-corrected chi connectivity index (χ0v) is 12.2. The van der Waals surface area contributed by atoms with Crippen LogP contribution >= 0.6 is 0 Å². The van der Waals surface area contributed by atoms with Crippen LogP contribution in [0.4, 0.5) is 0 Å². The highest BCUT2D eigenvalue weighted by Crippen LogP contribution is 2.43. The van der Waals surface area contributed by atoms with Crippen molar-refractivity contribution in [2.75, 3.05) is 6.54 Å². The molecule has 0 unspecified atom stereocenters. The SMILES string of the molecule is O=C(O)[C@@H]1[C@@H](C(=O)NCCC2=CCCCC2)[C@@H]2CC[C@@H]1O2. The summed E-state index contributed by atoms with van der Waals surface area (Å²) in [4.78, 5) is 23.7. The van der Waals surface area contributed by atoms with E-state index in [4.69, 9.17) is 4.74 Å². The van der Waals surface area contributed by atoms with Crippen molar-refractivity contribution in [3.05, 3.63) is 11.6 Å². The topological polar surface area (TPSA) is 75.6 Å². The third-order valence-corrected chi connectivity index (χ3v) is 4.99. The number of hydrogen-bond donors (Lipinski definition) is 2. The molecule has 5 heteroatoms. The molecular weight excluding hydrogens is 270 g/mol. The van der Waals surface area contributed by atoms with E-state index in [1.165, 1.54) is 18.4 Å². The third kappa shape index (κ3) is 2.98. The highest BCUT2D eigenvalue weighted by atomic mass is 16.5. The van der Waals surface area contributed by atoms with Crippen molar-refractivity contribution in [3.8, 4) is 0 Å². The molecule has 0 aromatic heterocycles. The molecule has 0 spiro atoms. The van der Waals surface area contributed by atoms with Crippen LogP contribution in [0.3, 0.4) is 0 Å². The van der Waals surface area contributed by atoms with Crippen LogP contribution in [-0.4, -0.2) is 35.7 Å². The van der Waals surface area contributed by atoms with Gasteiger partial charge in [-0.3, -0.25) is 9.59 Å². The summed E-state index contributed by atoms with van der Waals surface area (Å²) in [5.74, 6) is -2.23. The molecule has 0 saturated carbocycles. The average molecular weight is 293 g/mol. The second kappa shape index (κ2) is 6.18. The minimum Gasteiger partial charge on any atom is -0.481 e. The zero-order valence-electron chi connectivity index (χ0n) is 12.2. The number of rotatable bonds is 5. The van der Waals surface area contributed by atoms with E-state index in [0.717, 1.165) is 32.1 Å². The predicted molar refractivity (Wildman–Crippen MR) is 76.7 cm³/mol. The number of fused-ring (bicyclic) bond motifs is 2. The normalized spacial score (nSPS) is 34.6. The van der Waals surface area contributed by atoms with E-state index in [-0.39, 0.29) is 18.1 Å². The molecule has 1 amide bonds. The van der Waals surface area contributed by atoms with Gasteiger partial charge in [-0.15, -0.1) is 0 Å². The predicted octanol–water partition coefficient (Wildman–Crippen LogP) is 1.87. The minimum atomic E-state index is -0.905. The zero-order chi connectivity index (χ0) is 14.8. The van der Waals surface area contributed by atoms with E-state index >= 15 is 0 Å². The van der Waals surface area contributed by atoms with Gasteiger partial charge in [0.1, 0.15) is 0 Å². The Balaban J connectivity index is 1.52. The van der Waals surface area contributed by atoms with E-state index in [9.17, 15) is 14.7 Å². The number of aliphatic carboxylic acids is 1.